The molecule has 0 fully saturated rings. The smallest absolute Gasteiger partial charge is 0.186 e. The fraction of sp³-hybridized carbons (Fsp3) is 0.385. The largest absolute Gasteiger partial charge is 0.365 e. The van der Waals surface area contributed by atoms with Crippen molar-refractivity contribution in [3.8, 4) is 0 Å². The fourth-order valence-electron chi connectivity index (χ4n) is 1.77. The van der Waals surface area contributed by atoms with Gasteiger partial charge in [-0.2, -0.15) is 0 Å². The lowest BCUT2D eigenvalue weighted by molar-refractivity contribution is 0.592. The quantitative estimate of drug-likeness (QED) is 0.901. The van der Waals surface area contributed by atoms with Crippen molar-refractivity contribution in [3.63, 3.8) is 0 Å². The van der Waals surface area contributed by atoms with Gasteiger partial charge in [-0.3, -0.25) is 0 Å². The van der Waals surface area contributed by atoms with Crippen LogP contribution in [0.25, 0.3) is 0 Å². The number of hydrogen-bond donors (Lipinski definition) is 1. The van der Waals surface area contributed by atoms with Crippen molar-refractivity contribution in [3.05, 3.63) is 40.2 Å². The Hall–Kier alpha value is -1.49. The van der Waals surface area contributed by atoms with Crippen LogP contribution in [0.15, 0.2) is 23.8 Å². The SMILES string of the molecule is CCc1ncnc(NC(C)Cc2cccs2)c1F. The van der Waals surface area contributed by atoms with Gasteiger partial charge in [0, 0.05) is 17.3 Å². The lowest BCUT2D eigenvalue weighted by Crippen LogP contribution is -2.20. The predicted octanol–water partition coefficient (Wildman–Crippen LogP) is 3.28. The second-order valence-corrected chi connectivity index (χ2v) is 5.20. The molecule has 96 valence electrons. The summed E-state index contributed by atoms with van der Waals surface area (Å²) < 4.78 is 13.9. The zero-order chi connectivity index (χ0) is 13.0. The van der Waals surface area contributed by atoms with E-state index in [2.05, 4.69) is 21.4 Å². The molecule has 3 nitrogen and oxygen atoms in total. The van der Waals surface area contributed by atoms with Crippen LogP contribution in [0.3, 0.4) is 0 Å². The van der Waals surface area contributed by atoms with E-state index in [1.807, 2.05) is 25.3 Å². The minimum atomic E-state index is -0.335. The Kier molecular flexibility index (Phi) is 4.25. The molecular weight excluding hydrogens is 249 g/mol. The summed E-state index contributed by atoms with van der Waals surface area (Å²) in [5.41, 5.74) is 0.454. The van der Waals surface area contributed by atoms with E-state index in [9.17, 15) is 4.39 Å². The molecule has 2 aromatic rings. The van der Waals surface area contributed by atoms with Gasteiger partial charge in [-0.15, -0.1) is 11.3 Å². The van der Waals surface area contributed by atoms with Crippen molar-refractivity contribution < 1.29 is 4.39 Å². The van der Waals surface area contributed by atoms with Gasteiger partial charge in [-0.1, -0.05) is 13.0 Å². The highest BCUT2D eigenvalue weighted by atomic mass is 32.1. The number of aromatic nitrogens is 2. The van der Waals surface area contributed by atoms with Gasteiger partial charge in [0.05, 0.1) is 5.69 Å². The van der Waals surface area contributed by atoms with Gasteiger partial charge < -0.3 is 5.32 Å². The highest BCUT2D eigenvalue weighted by Gasteiger charge is 2.12. The molecule has 0 saturated carbocycles. The summed E-state index contributed by atoms with van der Waals surface area (Å²) in [6, 6.07) is 4.24. The Bertz CT molecular complexity index is 499. The molecule has 0 aliphatic rings. The van der Waals surface area contributed by atoms with Crippen LogP contribution in [0.5, 0.6) is 0 Å². The number of anilines is 1. The fourth-order valence-corrected chi connectivity index (χ4v) is 2.60. The van der Waals surface area contributed by atoms with Crippen LogP contribution in [0.4, 0.5) is 10.2 Å². The second-order valence-electron chi connectivity index (χ2n) is 4.17. The first-order chi connectivity index (χ1) is 8.70. The first-order valence-electron chi connectivity index (χ1n) is 5.99. The van der Waals surface area contributed by atoms with Crippen LogP contribution >= 0.6 is 11.3 Å². The molecule has 0 spiro atoms. The molecule has 1 atom stereocenters. The van der Waals surface area contributed by atoms with E-state index in [0.29, 0.717) is 17.9 Å². The maximum atomic E-state index is 13.9. The Balaban J connectivity index is 2.05. The maximum absolute atomic E-state index is 13.9. The number of aryl methyl sites for hydroxylation is 1. The third-order valence-electron chi connectivity index (χ3n) is 2.67. The van der Waals surface area contributed by atoms with Crippen LogP contribution in [-0.4, -0.2) is 16.0 Å². The predicted molar refractivity (Wildman–Crippen MR) is 72.5 cm³/mol. The van der Waals surface area contributed by atoms with Crippen molar-refractivity contribution >= 4 is 17.2 Å². The highest BCUT2D eigenvalue weighted by Crippen LogP contribution is 2.17. The summed E-state index contributed by atoms with van der Waals surface area (Å²) in [4.78, 5) is 9.16. The maximum Gasteiger partial charge on any atom is 0.186 e. The van der Waals surface area contributed by atoms with Crippen molar-refractivity contribution in [2.24, 2.45) is 0 Å². The first-order valence-corrected chi connectivity index (χ1v) is 6.87. The molecule has 0 bridgehead atoms. The zero-order valence-corrected chi connectivity index (χ0v) is 11.3. The molecule has 1 unspecified atom stereocenters. The van der Waals surface area contributed by atoms with Gasteiger partial charge in [0.2, 0.25) is 0 Å². The van der Waals surface area contributed by atoms with E-state index in [1.54, 1.807) is 11.3 Å². The number of nitrogens with one attached hydrogen (secondary N) is 1. The number of nitrogens with zero attached hydrogens (tertiary/aromatic N) is 2. The third kappa shape index (κ3) is 3.04. The zero-order valence-electron chi connectivity index (χ0n) is 10.5. The molecule has 5 heteroatoms. The minimum Gasteiger partial charge on any atom is -0.365 e. The molecule has 0 saturated heterocycles. The Morgan fingerprint density at radius 2 is 2.28 bits per heavy atom. The third-order valence-corrected chi connectivity index (χ3v) is 3.57. The van der Waals surface area contributed by atoms with Gasteiger partial charge in [0.15, 0.2) is 11.6 Å². The van der Waals surface area contributed by atoms with E-state index in [4.69, 9.17) is 0 Å². The number of halogens is 1. The molecule has 0 amide bonds. The van der Waals surface area contributed by atoms with Crippen LogP contribution in [0, 0.1) is 5.82 Å². The summed E-state index contributed by atoms with van der Waals surface area (Å²) >= 11 is 1.71. The van der Waals surface area contributed by atoms with Crippen molar-refractivity contribution in [2.45, 2.75) is 32.7 Å². The molecule has 0 radical (unpaired) electrons. The summed E-state index contributed by atoms with van der Waals surface area (Å²) in [5, 5.41) is 5.15. The normalized spacial score (nSPS) is 12.4. The summed E-state index contributed by atoms with van der Waals surface area (Å²) in [6.45, 7) is 3.90. The van der Waals surface area contributed by atoms with Crippen molar-refractivity contribution in [1.29, 1.82) is 0 Å². The van der Waals surface area contributed by atoms with E-state index in [0.717, 1.165) is 6.42 Å². The average molecular weight is 265 g/mol. The lowest BCUT2D eigenvalue weighted by Gasteiger charge is -2.14. The van der Waals surface area contributed by atoms with Crippen LogP contribution < -0.4 is 5.32 Å². The van der Waals surface area contributed by atoms with E-state index in [-0.39, 0.29) is 11.9 Å². The Labute approximate surface area is 110 Å². The summed E-state index contributed by atoms with van der Waals surface area (Å²) in [5.74, 6) is -0.0380. The minimum absolute atomic E-state index is 0.137. The van der Waals surface area contributed by atoms with E-state index in [1.165, 1.54) is 11.2 Å². The second kappa shape index (κ2) is 5.91. The summed E-state index contributed by atoms with van der Waals surface area (Å²) in [6.07, 6.45) is 2.84. The van der Waals surface area contributed by atoms with E-state index < -0.39 is 0 Å². The average Bonchev–Trinajstić information content (AvgIpc) is 2.84. The van der Waals surface area contributed by atoms with Gasteiger partial charge in [0.1, 0.15) is 6.33 Å². The number of hydrogen-bond acceptors (Lipinski definition) is 4. The molecule has 0 aliphatic heterocycles. The van der Waals surface area contributed by atoms with Gasteiger partial charge in [-0.25, -0.2) is 14.4 Å². The van der Waals surface area contributed by atoms with Gasteiger partial charge in [-0.05, 0) is 24.8 Å². The molecule has 18 heavy (non-hydrogen) atoms. The molecule has 0 aliphatic carbocycles. The molecule has 2 heterocycles. The highest BCUT2D eigenvalue weighted by molar-refractivity contribution is 7.09. The monoisotopic (exact) mass is 265 g/mol. The van der Waals surface area contributed by atoms with Crippen LogP contribution in [0.2, 0.25) is 0 Å². The standard InChI is InChI=1S/C13H16FN3S/c1-3-11-12(14)13(16-8-15-11)17-9(2)7-10-5-4-6-18-10/h4-6,8-9H,3,7H2,1-2H3,(H,15,16,17). The van der Waals surface area contributed by atoms with Crippen molar-refractivity contribution in [2.75, 3.05) is 5.32 Å². The van der Waals surface area contributed by atoms with E-state index >= 15 is 0 Å². The molecular formula is C13H16FN3S. The molecule has 2 rings (SSSR count). The molecule has 1 N–H and O–H groups in total. The van der Waals surface area contributed by atoms with Gasteiger partial charge >= 0.3 is 0 Å². The lowest BCUT2D eigenvalue weighted by atomic mass is 10.2. The van der Waals surface area contributed by atoms with Crippen LogP contribution in [-0.2, 0) is 12.8 Å². The number of rotatable bonds is 5. The molecule has 0 aromatic carbocycles. The summed E-state index contributed by atoms with van der Waals surface area (Å²) in [7, 11) is 0. The first kappa shape index (κ1) is 13.0. The van der Waals surface area contributed by atoms with Crippen LogP contribution in [0.1, 0.15) is 24.4 Å². The number of thiophene rings is 1. The Morgan fingerprint density at radius 1 is 1.44 bits per heavy atom. The van der Waals surface area contributed by atoms with Gasteiger partial charge in [0.25, 0.3) is 0 Å². The topological polar surface area (TPSA) is 37.8 Å². The molecule has 2 aromatic heterocycles. The van der Waals surface area contributed by atoms with Crippen molar-refractivity contribution in [1.82, 2.24) is 9.97 Å². The Morgan fingerprint density at radius 3 is 2.94 bits per heavy atom.